The number of benzene rings is 1. The zero-order chi connectivity index (χ0) is 13.9. The van der Waals surface area contributed by atoms with Crippen molar-refractivity contribution < 1.29 is 14.6 Å². The molecule has 4 nitrogen and oxygen atoms in total. The summed E-state index contributed by atoms with van der Waals surface area (Å²) in [6, 6.07) is 7.88. The van der Waals surface area contributed by atoms with Crippen molar-refractivity contribution in [3.05, 3.63) is 34.3 Å². The Kier molecular flexibility index (Phi) is 4.60. The maximum Gasteiger partial charge on any atom is 0.306 e. The van der Waals surface area contributed by atoms with E-state index in [-0.39, 0.29) is 12.4 Å². The van der Waals surface area contributed by atoms with Gasteiger partial charge in [-0.2, -0.15) is 0 Å². The number of carbonyl (C=O) groups excluding carboxylic acids is 1. The van der Waals surface area contributed by atoms with Crippen LogP contribution in [-0.4, -0.2) is 30.5 Å². The summed E-state index contributed by atoms with van der Waals surface area (Å²) in [6.07, 6.45) is 0.220. The van der Waals surface area contributed by atoms with Crippen LogP contribution in [-0.2, 0) is 14.9 Å². The minimum atomic E-state index is -0.576. The average Bonchev–Trinajstić information content (AvgIpc) is 2.72. The molecule has 1 aromatic carbocycles. The van der Waals surface area contributed by atoms with Crippen LogP contribution in [0.4, 0.5) is 0 Å². The molecule has 0 amide bonds. The Bertz CT molecular complexity index is 466. The molecule has 1 heterocycles. The largest absolute Gasteiger partial charge is 0.466 e. The molecule has 0 saturated carbocycles. The first-order chi connectivity index (χ1) is 9.05. The number of ether oxygens (including phenoxy) is 1. The lowest BCUT2D eigenvalue weighted by Crippen LogP contribution is -2.32. The van der Waals surface area contributed by atoms with Gasteiger partial charge in [0, 0.05) is 16.4 Å². The van der Waals surface area contributed by atoms with E-state index < -0.39 is 11.6 Å². The highest BCUT2D eigenvalue weighted by Gasteiger charge is 2.42. The van der Waals surface area contributed by atoms with Gasteiger partial charge in [0.25, 0.3) is 0 Å². The van der Waals surface area contributed by atoms with Crippen LogP contribution in [0.2, 0.25) is 0 Å². The van der Waals surface area contributed by atoms with Crippen LogP contribution < -0.4 is 5.32 Å². The van der Waals surface area contributed by atoms with Crippen LogP contribution in [0.25, 0.3) is 0 Å². The maximum absolute atomic E-state index is 11.8. The van der Waals surface area contributed by atoms with E-state index in [1.165, 1.54) is 0 Å². The van der Waals surface area contributed by atoms with Gasteiger partial charge in [0.1, 0.15) is 6.23 Å². The number of aliphatic hydroxyl groups excluding tert-OH is 1. The number of hydrogen-bond donors (Lipinski definition) is 2. The average molecular weight is 328 g/mol. The van der Waals surface area contributed by atoms with Crippen LogP contribution in [0.5, 0.6) is 0 Å². The molecule has 0 spiro atoms. The van der Waals surface area contributed by atoms with Crippen molar-refractivity contribution in [3.63, 3.8) is 0 Å². The molecule has 2 N–H and O–H groups in total. The zero-order valence-electron chi connectivity index (χ0n) is 10.9. The van der Waals surface area contributed by atoms with E-state index in [0.29, 0.717) is 19.6 Å². The third kappa shape index (κ3) is 3.35. The van der Waals surface area contributed by atoms with Crippen LogP contribution in [0.1, 0.15) is 25.3 Å². The Labute approximate surface area is 121 Å². The minimum absolute atomic E-state index is 0.224. The first kappa shape index (κ1) is 14.5. The van der Waals surface area contributed by atoms with Gasteiger partial charge in [-0.3, -0.25) is 10.1 Å². The molecular weight excluding hydrogens is 310 g/mol. The number of nitrogens with one attached hydrogen (secondary N) is 1. The molecule has 1 aromatic rings. The molecule has 0 radical (unpaired) electrons. The Morgan fingerprint density at radius 2 is 2.42 bits per heavy atom. The van der Waals surface area contributed by atoms with Gasteiger partial charge in [-0.1, -0.05) is 28.1 Å². The van der Waals surface area contributed by atoms with E-state index in [1.54, 1.807) is 6.92 Å². The van der Waals surface area contributed by atoms with Gasteiger partial charge in [-0.25, -0.2) is 0 Å². The fraction of sp³-hybridized carbons (Fsp3) is 0.500. The lowest BCUT2D eigenvalue weighted by atomic mass is 9.76. The van der Waals surface area contributed by atoms with Gasteiger partial charge in [0.15, 0.2) is 0 Å². The Hall–Kier alpha value is -0.910. The molecule has 19 heavy (non-hydrogen) atoms. The van der Waals surface area contributed by atoms with E-state index in [4.69, 9.17) is 4.74 Å². The SMILES string of the molecule is CCOC(=O)CC1(c2cccc(Br)c2)CNC(O)C1. The lowest BCUT2D eigenvalue weighted by molar-refractivity contribution is -0.144. The van der Waals surface area contributed by atoms with Gasteiger partial charge >= 0.3 is 5.97 Å². The first-order valence-corrected chi connectivity index (χ1v) is 7.18. The number of halogens is 1. The zero-order valence-corrected chi connectivity index (χ0v) is 12.4. The molecule has 0 aromatic heterocycles. The van der Waals surface area contributed by atoms with Crippen LogP contribution in [0.15, 0.2) is 28.7 Å². The second-order valence-corrected chi connectivity index (χ2v) is 5.79. The van der Waals surface area contributed by atoms with E-state index >= 15 is 0 Å². The van der Waals surface area contributed by atoms with Crippen molar-refractivity contribution in [3.8, 4) is 0 Å². The lowest BCUT2D eigenvalue weighted by Gasteiger charge is -2.28. The van der Waals surface area contributed by atoms with Crippen molar-refractivity contribution in [1.82, 2.24) is 5.32 Å². The normalized spacial score (nSPS) is 26.4. The third-order valence-electron chi connectivity index (χ3n) is 3.49. The molecule has 0 aliphatic carbocycles. The fourth-order valence-electron chi connectivity index (χ4n) is 2.59. The summed E-state index contributed by atoms with van der Waals surface area (Å²) >= 11 is 3.45. The second kappa shape index (κ2) is 6.03. The monoisotopic (exact) mass is 327 g/mol. The van der Waals surface area contributed by atoms with E-state index in [2.05, 4.69) is 21.2 Å². The van der Waals surface area contributed by atoms with Gasteiger partial charge in [-0.15, -0.1) is 0 Å². The highest BCUT2D eigenvalue weighted by Crippen LogP contribution is 2.37. The fourth-order valence-corrected chi connectivity index (χ4v) is 2.99. The predicted octanol–water partition coefficient (Wildman–Crippen LogP) is 1.95. The Balaban J connectivity index is 2.27. The first-order valence-electron chi connectivity index (χ1n) is 6.39. The summed E-state index contributed by atoms with van der Waals surface area (Å²) in [6.45, 7) is 2.75. The van der Waals surface area contributed by atoms with Crippen molar-refractivity contribution >= 4 is 21.9 Å². The maximum atomic E-state index is 11.8. The standard InChI is InChI=1S/C14H18BrNO3/c1-2-19-13(18)8-14(7-12(17)16-9-14)10-4-3-5-11(15)6-10/h3-6,12,16-17H,2,7-9H2,1H3. The summed E-state index contributed by atoms with van der Waals surface area (Å²) in [5.74, 6) is -0.224. The van der Waals surface area contributed by atoms with Crippen LogP contribution >= 0.6 is 15.9 Å². The summed E-state index contributed by atoms with van der Waals surface area (Å²) < 4.78 is 6.02. The molecule has 2 rings (SSSR count). The number of aliphatic hydroxyl groups is 1. The molecule has 2 unspecified atom stereocenters. The number of esters is 1. The van der Waals surface area contributed by atoms with Gasteiger partial charge in [0.2, 0.25) is 0 Å². The third-order valence-corrected chi connectivity index (χ3v) is 3.98. The predicted molar refractivity (Wildman–Crippen MR) is 75.7 cm³/mol. The molecule has 1 saturated heterocycles. The van der Waals surface area contributed by atoms with Crippen molar-refractivity contribution in [2.24, 2.45) is 0 Å². The number of rotatable bonds is 4. The summed E-state index contributed by atoms with van der Waals surface area (Å²) in [4.78, 5) is 11.8. The molecule has 1 aliphatic heterocycles. The van der Waals surface area contributed by atoms with Gasteiger partial charge in [0.05, 0.1) is 13.0 Å². The molecule has 1 aliphatic rings. The van der Waals surface area contributed by atoms with E-state index in [0.717, 1.165) is 10.0 Å². The summed E-state index contributed by atoms with van der Waals surface area (Å²) in [5.41, 5.74) is 0.647. The van der Waals surface area contributed by atoms with Gasteiger partial charge < -0.3 is 9.84 Å². The number of hydrogen-bond acceptors (Lipinski definition) is 4. The smallest absolute Gasteiger partial charge is 0.306 e. The highest BCUT2D eigenvalue weighted by molar-refractivity contribution is 9.10. The van der Waals surface area contributed by atoms with Crippen LogP contribution in [0.3, 0.4) is 0 Å². The quantitative estimate of drug-likeness (QED) is 0.830. The van der Waals surface area contributed by atoms with Crippen LogP contribution in [0, 0.1) is 0 Å². The Morgan fingerprint density at radius 3 is 3.00 bits per heavy atom. The summed E-state index contributed by atoms with van der Waals surface area (Å²) in [5, 5.41) is 12.8. The molecular formula is C14H18BrNO3. The van der Waals surface area contributed by atoms with Crippen molar-refractivity contribution in [2.45, 2.75) is 31.4 Å². The van der Waals surface area contributed by atoms with E-state index in [1.807, 2.05) is 24.3 Å². The number of carbonyl (C=O) groups is 1. The van der Waals surface area contributed by atoms with E-state index in [9.17, 15) is 9.90 Å². The second-order valence-electron chi connectivity index (χ2n) is 4.87. The minimum Gasteiger partial charge on any atom is -0.466 e. The molecule has 5 heteroatoms. The molecule has 1 fully saturated rings. The molecule has 0 bridgehead atoms. The highest BCUT2D eigenvalue weighted by atomic mass is 79.9. The van der Waals surface area contributed by atoms with Gasteiger partial charge in [-0.05, 0) is 31.0 Å². The topological polar surface area (TPSA) is 58.6 Å². The molecule has 2 atom stereocenters. The summed E-state index contributed by atoms with van der Waals surface area (Å²) in [7, 11) is 0. The van der Waals surface area contributed by atoms with Crippen molar-refractivity contribution in [2.75, 3.05) is 13.2 Å². The Morgan fingerprint density at radius 1 is 1.63 bits per heavy atom. The van der Waals surface area contributed by atoms with Crippen molar-refractivity contribution in [1.29, 1.82) is 0 Å². The molecule has 104 valence electrons.